The van der Waals surface area contributed by atoms with Crippen LogP contribution in [0.4, 0.5) is 10.5 Å². The van der Waals surface area contributed by atoms with Crippen LogP contribution in [0.2, 0.25) is 0 Å². The van der Waals surface area contributed by atoms with Crippen molar-refractivity contribution in [2.45, 2.75) is 44.7 Å². The van der Waals surface area contributed by atoms with E-state index in [1.54, 1.807) is 6.92 Å². The summed E-state index contributed by atoms with van der Waals surface area (Å²) in [5.74, 6) is -1.43. The molecule has 1 aliphatic carbocycles. The third kappa shape index (κ3) is 5.03. The number of nitrogens with zero attached hydrogens (tertiary/aromatic N) is 2. The Hall–Kier alpha value is -4.14. The number of amides is 2. The normalized spacial score (nSPS) is 13.5. The SMILES string of the molecule is C[C@@H](CC(=O)Nc1cnn(C(C)(C)C(=O)O)c1)NC(=O)OCC1c2ccccc2-c2ccccc21. The molecule has 0 spiro atoms. The number of carboxylic acid groups (broad SMARTS) is 1. The van der Waals surface area contributed by atoms with Crippen LogP contribution in [0.3, 0.4) is 0 Å². The largest absolute Gasteiger partial charge is 0.479 e. The van der Waals surface area contributed by atoms with E-state index in [1.165, 1.54) is 30.9 Å². The highest BCUT2D eigenvalue weighted by atomic mass is 16.5. The van der Waals surface area contributed by atoms with E-state index < -0.39 is 23.6 Å². The van der Waals surface area contributed by atoms with Crippen molar-refractivity contribution in [1.82, 2.24) is 15.1 Å². The number of aromatic nitrogens is 2. The first-order valence-electron chi connectivity index (χ1n) is 11.4. The zero-order chi connectivity index (χ0) is 25.2. The first-order valence-corrected chi connectivity index (χ1v) is 11.4. The number of alkyl carbamates (subject to hydrolysis) is 1. The van der Waals surface area contributed by atoms with Crippen LogP contribution in [0.5, 0.6) is 0 Å². The lowest BCUT2D eigenvalue weighted by atomic mass is 9.98. The molecule has 1 aromatic heterocycles. The van der Waals surface area contributed by atoms with Gasteiger partial charge in [-0.25, -0.2) is 9.59 Å². The molecular formula is C26H28N4O5. The topological polar surface area (TPSA) is 123 Å². The predicted molar refractivity (Wildman–Crippen MR) is 130 cm³/mol. The number of anilines is 1. The lowest BCUT2D eigenvalue weighted by molar-refractivity contribution is -0.146. The summed E-state index contributed by atoms with van der Waals surface area (Å²) in [4.78, 5) is 36.2. The standard InChI is InChI=1S/C26H28N4O5/c1-16(12-23(31)29-17-13-27-30(14-17)26(2,3)24(32)33)28-25(34)35-15-22-20-10-6-4-8-18(20)19-9-5-7-11-21(19)22/h4-11,13-14,16,22H,12,15H2,1-3H3,(H,28,34)(H,29,31)(H,32,33)/t16-/m0/s1. The molecule has 0 aliphatic heterocycles. The molecule has 182 valence electrons. The Morgan fingerprint density at radius 3 is 2.29 bits per heavy atom. The van der Waals surface area contributed by atoms with E-state index in [4.69, 9.17) is 4.74 Å². The minimum Gasteiger partial charge on any atom is -0.479 e. The molecule has 9 nitrogen and oxygen atoms in total. The van der Waals surface area contributed by atoms with Gasteiger partial charge in [-0.15, -0.1) is 0 Å². The minimum absolute atomic E-state index is 0.0116. The molecular weight excluding hydrogens is 448 g/mol. The highest BCUT2D eigenvalue weighted by Crippen LogP contribution is 2.44. The van der Waals surface area contributed by atoms with E-state index in [0.29, 0.717) is 5.69 Å². The lowest BCUT2D eigenvalue weighted by Gasteiger charge is -2.19. The number of aliphatic carboxylic acids is 1. The predicted octanol–water partition coefficient (Wildman–Crippen LogP) is 3.96. The monoisotopic (exact) mass is 476 g/mol. The zero-order valence-corrected chi connectivity index (χ0v) is 19.8. The number of ether oxygens (including phenoxy) is 1. The van der Waals surface area contributed by atoms with E-state index in [1.807, 2.05) is 36.4 Å². The minimum atomic E-state index is -1.25. The third-order valence-electron chi connectivity index (χ3n) is 6.16. The number of fused-ring (bicyclic) bond motifs is 3. The molecule has 2 aromatic carbocycles. The molecule has 0 bridgehead atoms. The quantitative estimate of drug-likeness (QED) is 0.452. The van der Waals surface area contributed by atoms with Gasteiger partial charge >= 0.3 is 12.1 Å². The summed E-state index contributed by atoms with van der Waals surface area (Å²) in [6, 6.07) is 15.7. The average molecular weight is 477 g/mol. The van der Waals surface area contributed by atoms with Gasteiger partial charge in [-0.1, -0.05) is 48.5 Å². The zero-order valence-electron chi connectivity index (χ0n) is 19.8. The van der Waals surface area contributed by atoms with Crippen LogP contribution in [0.25, 0.3) is 11.1 Å². The number of hydrogen-bond donors (Lipinski definition) is 3. The maximum Gasteiger partial charge on any atom is 0.407 e. The van der Waals surface area contributed by atoms with Crippen LogP contribution < -0.4 is 10.6 Å². The van der Waals surface area contributed by atoms with Gasteiger partial charge in [-0.3, -0.25) is 9.48 Å². The number of carbonyl (C=O) groups is 3. The Morgan fingerprint density at radius 2 is 1.69 bits per heavy atom. The van der Waals surface area contributed by atoms with E-state index in [0.717, 1.165) is 22.3 Å². The van der Waals surface area contributed by atoms with Gasteiger partial charge in [0.05, 0.1) is 11.9 Å². The number of carbonyl (C=O) groups excluding carboxylic acids is 2. The third-order valence-corrected chi connectivity index (χ3v) is 6.16. The van der Waals surface area contributed by atoms with Gasteiger partial charge in [0.25, 0.3) is 0 Å². The molecule has 0 radical (unpaired) electrons. The fourth-order valence-corrected chi connectivity index (χ4v) is 4.17. The van der Waals surface area contributed by atoms with E-state index in [-0.39, 0.29) is 24.9 Å². The fourth-order valence-electron chi connectivity index (χ4n) is 4.17. The number of nitrogens with one attached hydrogen (secondary N) is 2. The number of hydrogen-bond acceptors (Lipinski definition) is 5. The number of rotatable bonds is 8. The van der Waals surface area contributed by atoms with Crippen molar-refractivity contribution >= 4 is 23.7 Å². The Balaban J connectivity index is 1.28. The van der Waals surface area contributed by atoms with Gasteiger partial charge in [-0.2, -0.15) is 5.10 Å². The molecule has 1 aliphatic rings. The molecule has 4 rings (SSSR count). The summed E-state index contributed by atoms with van der Waals surface area (Å²) in [6.45, 7) is 4.91. The van der Waals surface area contributed by atoms with Gasteiger partial charge in [0, 0.05) is 24.6 Å². The Labute approximate surface area is 203 Å². The molecule has 3 aromatic rings. The molecule has 9 heteroatoms. The first-order chi connectivity index (χ1) is 16.7. The van der Waals surface area contributed by atoms with E-state index in [2.05, 4.69) is 27.9 Å². The second-order valence-electron chi connectivity index (χ2n) is 9.16. The molecule has 2 amide bonds. The van der Waals surface area contributed by atoms with Gasteiger partial charge < -0.3 is 20.5 Å². The van der Waals surface area contributed by atoms with E-state index >= 15 is 0 Å². The van der Waals surface area contributed by atoms with Crippen LogP contribution >= 0.6 is 0 Å². The smallest absolute Gasteiger partial charge is 0.407 e. The Morgan fingerprint density at radius 1 is 1.09 bits per heavy atom. The van der Waals surface area contributed by atoms with Crippen LogP contribution in [0, 0.1) is 0 Å². The van der Waals surface area contributed by atoms with Crippen molar-refractivity contribution in [3.8, 4) is 11.1 Å². The molecule has 3 N–H and O–H groups in total. The average Bonchev–Trinajstić information content (AvgIpc) is 3.40. The highest BCUT2D eigenvalue weighted by molar-refractivity contribution is 5.91. The Bertz CT molecular complexity index is 1220. The van der Waals surface area contributed by atoms with Crippen LogP contribution in [0.15, 0.2) is 60.9 Å². The second-order valence-corrected chi connectivity index (χ2v) is 9.16. The maximum absolute atomic E-state index is 12.4. The summed E-state index contributed by atoms with van der Waals surface area (Å²) < 4.78 is 6.79. The van der Waals surface area contributed by atoms with Gasteiger partial charge in [-0.05, 0) is 43.0 Å². The van der Waals surface area contributed by atoms with Crippen LogP contribution in [-0.4, -0.2) is 45.5 Å². The summed E-state index contributed by atoms with van der Waals surface area (Å²) in [7, 11) is 0. The molecule has 35 heavy (non-hydrogen) atoms. The van der Waals surface area contributed by atoms with Crippen molar-refractivity contribution in [2.75, 3.05) is 11.9 Å². The summed E-state index contributed by atoms with van der Waals surface area (Å²) in [5, 5.41) is 18.7. The fraction of sp³-hybridized carbons (Fsp3) is 0.308. The van der Waals surface area contributed by atoms with Crippen molar-refractivity contribution in [1.29, 1.82) is 0 Å². The molecule has 1 heterocycles. The highest BCUT2D eigenvalue weighted by Gasteiger charge is 2.31. The summed E-state index contributed by atoms with van der Waals surface area (Å²) in [6.07, 6.45) is 2.25. The number of carboxylic acids is 1. The van der Waals surface area contributed by atoms with Crippen molar-refractivity contribution < 1.29 is 24.2 Å². The van der Waals surface area contributed by atoms with Gasteiger partial charge in [0.15, 0.2) is 5.54 Å². The summed E-state index contributed by atoms with van der Waals surface area (Å²) >= 11 is 0. The molecule has 0 saturated heterocycles. The van der Waals surface area contributed by atoms with Gasteiger partial charge in [0.1, 0.15) is 6.61 Å². The Kier molecular flexibility index (Phi) is 6.59. The molecule has 1 atom stereocenters. The van der Waals surface area contributed by atoms with Gasteiger partial charge in [0.2, 0.25) is 5.91 Å². The molecule has 0 fully saturated rings. The second kappa shape index (κ2) is 9.61. The van der Waals surface area contributed by atoms with Crippen LogP contribution in [0.1, 0.15) is 44.2 Å². The number of benzene rings is 2. The molecule has 0 unspecified atom stereocenters. The van der Waals surface area contributed by atoms with Crippen molar-refractivity contribution in [3.63, 3.8) is 0 Å². The van der Waals surface area contributed by atoms with Crippen molar-refractivity contribution in [3.05, 3.63) is 72.1 Å². The molecule has 0 saturated carbocycles. The summed E-state index contributed by atoms with van der Waals surface area (Å²) in [5.41, 5.74) is 3.68. The van der Waals surface area contributed by atoms with E-state index in [9.17, 15) is 19.5 Å². The maximum atomic E-state index is 12.4. The first kappa shape index (κ1) is 24.0. The van der Waals surface area contributed by atoms with Crippen molar-refractivity contribution in [2.24, 2.45) is 0 Å². The van der Waals surface area contributed by atoms with Crippen LogP contribution in [-0.2, 0) is 19.9 Å². The lowest BCUT2D eigenvalue weighted by Crippen LogP contribution is -2.36.